The second-order valence-corrected chi connectivity index (χ2v) is 4.52. The van der Waals surface area contributed by atoms with Crippen molar-refractivity contribution in [2.45, 2.75) is 26.8 Å². The molecule has 0 spiro atoms. The van der Waals surface area contributed by atoms with Gasteiger partial charge in [0.1, 0.15) is 0 Å². The van der Waals surface area contributed by atoms with Crippen molar-refractivity contribution in [1.29, 1.82) is 0 Å². The molecule has 0 saturated heterocycles. The third-order valence-corrected chi connectivity index (χ3v) is 2.92. The number of nitrogens with zero attached hydrogens (tertiary/aromatic N) is 3. The molecule has 2 aromatic heterocycles. The zero-order valence-electron chi connectivity index (χ0n) is 11.7. The van der Waals surface area contributed by atoms with Crippen molar-refractivity contribution in [2.24, 2.45) is 0 Å². The quantitative estimate of drug-likeness (QED) is 0.810. The average Bonchev–Trinajstić information content (AvgIpc) is 2.73. The first-order valence-electron chi connectivity index (χ1n) is 6.44. The molecule has 102 valence electrons. The molecule has 0 aliphatic rings. The molecular weight excluding hydrogens is 240 g/mol. The maximum Gasteiger partial charge on any atom is 0.214 e. The number of aromatic nitrogens is 3. The van der Waals surface area contributed by atoms with Gasteiger partial charge in [0.15, 0.2) is 0 Å². The fraction of sp³-hybridized carbons (Fsp3) is 0.429. The highest BCUT2D eigenvalue weighted by Gasteiger charge is 2.00. The molecule has 0 fully saturated rings. The molecule has 0 aliphatic heterocycles. The molecule has 19 heavy (non-hydrogen) atoms. The molecule has 0 unspecified atom stereocenters. The Morgan fingerprint density at radius 2 is 2.16 bits per heavy atom. The van der Waals surface area contributed by atoms with Gasteiger partial charge in [-0.05, 0) is 32.4 Å². The Morgan fingerprint density at radius 1 is 1.32 bits per heavy atom. The van der Waals surface area contributed by atoms with Crippen LogP contribution in [0.1, 0.15) is 17.8 Å². The van der Waals surface area contributed by atoms with E-state index in [0.29, 0.717) is 5.88 Å². The van der Waals surface area contributed by atoms with Crippen molar-refractivity contribution in [3.8, 4) is 5.88 Å². The molecule has 0 aromatic carbocycles. The molecule has 5 nitrogen and oxygen atoms in total. The molecule has 2 rings (SSSR count). The van der Waals surface area contributed by atoms with E-state index in [4.69, 9.17) is 4.74 Å². The highest BCUT2D eigenvalue weighted by atomic mass is 16.5. The lowest BCUT2D eigenvalue weighted by atomic mass is 10.3. The summed E-state index contributed by atoms with van der Waals surface area (Å²) in [7, 11) is 1.62. The van der Waals surface area contributed by atoms with E-state index in [9.17, 15) is 0 Å². The third-order valence-electron chi connectivity index (χ3n) is 2.92. The van der Waals surface area contributed by atoms with Crippen LogP contribution in [0.5, 0.6) is 5.88 Å². The fourth-order valence-corrected chi connectivity index (χ4v) is 1.99. The molecule has 1 N–H and O–H groups in total. The minimum atomic E-state index is 0.628. The van der Waals surface area contributed by atoms with Gasteiger partial charge in [0, 0.05) is 36.7 Å². The minimum absolute atomic E-state index is 0.628. The van der Waals surface area contributed by atoms with Crippen molar-refractivity contribution in [3.05, 3.63) is 35.8 Å². The summed E-state index contributed by atoms with van der Waals surface area (Å²) in [6.07, 6.45) is 2.76. The van der Waals surface area contributed by atoms with E-state index in [1.165, 1.54) is 5.69 Å². The van der Waals surface area contributed by atoms with Gasteiger partial charge in [-0.15, -0.1) is 0 Å². The van der Waals surface area contributed by atoms with Crippen LogP contribution in [0.15, 0.2) is 24.4 Å². The Labute approximate surface area is 113 Å². The largest absolute Gasteiger partial charge is 0.481 e. The summed E-state index contributed by atoms with van der Waals surface area (Å²) in [5.41, 5.74) is 3.31. The number of aryl methyl sites for hydroxylation is 3. The van der Waals surface area contributed by atoms with Crippen LogP contribution in [0.4, 0.5) is 5.69 Å². The van der Waals surface area contributed by atoms with Gasteiger partial charge < -0.3 is 10.1 Å². The maximum absolute atomic E-state index is 5.08. The second kappa shape index (κ2) is 6.22. The summed E-state index contributed by atoms with van der Waals surface area (Å²) in [4.78, 5) is 4.07. The highest BCUT2D eigenvalue weighted by molar-refractivity contribution is 5.44. The van der Waals surface area contributed by atoms with Gasteiger partial charge in [0.05, 0.1) is 12.8 Å². The molecule has 2 heterocycles. The lowest BCUT2D eigenvalue weighted by Gasteiger charge is -2.08. The van der Waals surface area contributed by atoms with Crippen LogP contribution in [0.25, 0.3) is 0 Å². The summed E-state index contributed by atoms with van der Waals surface area (Å²) >= 11 is 0. The summed E-state index contributed by atoms with van der Waals surface area (Å²) in [6, 6.07) is 5.93. The number of pyridine rings is 1. The van der Waals surface area contributed by atoms with Crippen LogP contribution < -0.4 is 10.1 Å². The number of anilines is 1. The lowest BCUT2D eigenvalue weighted by molar-refractivity contribution is 0.398. The van der Waals surface area contributed by atoms with E-state index in [-0.39, 0.29) is 0 Å². The van der Waals surface area contributed by atoms with Crippen LogP contribution >= 0.6 is 0 Å². The Bertz CT molecular complexity index is 536. The predicted octanol–water partition coefficient (Wildman–Crippen LogP) is 2.41. The van der Waals surface area contributed by atoms with E-state index >= 15 is 0 Å². The van der Waals surface area contributed by atoms with Crippen molar-refractivity contribution in [1.82, 2.24) is 14.8 Å². The molecule has 0 saturated carbocycles. The van der Waals surface area contributed by atoms with Gasteiger partial charge in [-0.1, -0.05) is 0 Å². The van der Waals surface area contributed by atoms with Crippen molar-refractivity contribution < 1.29 is 4.74 Å². The van der Waals surface area contributed by atoms with Crippen LogP contribution in [-0.2, 0) is 6.54 Å². The first kappa shape index (κ1) is 13.4. The van der Waals surface area contributed by atoms with Gasteiger partial charge >= 0.3 is 0 Å². The van der Waals surface area contributed by atoms with E-state index in [1.54, 1.807) is 13.3 Å². The molecule has 0 aliphatic carbocycles. The normalized spacial score (nSPS) is 10.5. The third kappa shape index (κ3) is 3.71. The Morgan fingerprint density at radius 3 is 2.84 bits per heavy atom. The molecular formula is C14H20N4O. The van der Waals surface area contributed by atoms with E-state index in [0.717, 1.165) is 30.9 Å². The van der Waals surface area contributed by atoms with Crippen LogP contribution in [-0.4, -0.2) is 28.4 Å². The number of hydrogen-bond acceptors (Lipinski definition) is 4. The first-order chi connectivity index (χ1) is 9.19. The SMILES string of the molecule is COc1cc(NCCCn2nc(C)cc2C)ccn1. The van der Waals surface area contributed by atoms with Crippen LogP contribution in [0.3, 0.4) is 0 Å². The van der Waals surface area contributed by atoms with Crippen LogP contribution in [0, 0.1) is 13.8 Å². The molecule has 5 heteroatoms. The number of nitrogens with one attached hydrogen (secondary N) is 1. The number of methoxy groups -OCH3 is 1. The highest BCUT2D eigenvalue weighted by Crippen LogP contribution is 2.13. The molecule has 0 bridgehead atoms. The van der Waals surface area contributed by atoms with E-state index < -0.39 is 0 Å². The lowest BCUT2D eigenvalue weighted by Crippen LogP contribution is -2.09. The standard InChI is InChI=1S/C14H20N4O/c1-11-9-12(2)18(17-11)8-4-6-15-13-5-7-16-14(10-13)19-3/h5,7,9-10H,4,6,8H2,1-3H3,(H,15,16). The summed E-state index contributed by atoms with van der Waals surface area (Å²) in [6.45, 7) is 5.92. The fourth-order valence-electron chi connectivity index (χ4n) is 1.99. The van der Waals surface area contributed by atoms with E-state index in [2.05, 4.69) is 28.4 Å². The summed E-state index contributed by atoms with van der Waals surface area (Å²) in [5.74, 6) is 0.628. The minimum Gasteiger partial charge on any atom is -0.481 e. The topological polar surface area (TPSA) is 52.0 Å². The zero-order valence-corrected chi connectivity index (χ0v) is 11.7. The number of hydrogen-bond donors (Lipinski definition) is 1. The van der Waals surface area contributed by atoms with Crippen LogP contribution in [0.2, 0.25) is 0 Å². The smallest absolute Gasteiger partial charge is 0.214 e. The van der Waals surface area contributed by atoms with Crippen molar-refractivity contribution >= 4 is 5.69 Å². The van der Waals surface area contributed by atoms with Gasteiger partial charge in [0.2, 0.25) is 5.88 Å². The second-order valence-electron chi connectivity index (χ2n) is 4.52. The molecule has 0 atom stereocenters. The van der Waals surface area contributed by atoms with Crippen molar-refractivity contribution in [3.63, 3.8) is 0 Å². The molecule has 0 radical (unpaired) electrons. The first-order valence-corrected chi connectivity index (χ1v) is 6.44. The van der Waals surface area contributed by atoms with Crippen molar-refractivity contribution in [2.75, 3.05) is 19.0 Å². The summed E-state index contributed by atoms with van der Waals surface area (Å²) < 4.78 is 7.13. The van der Waals surface area contributed by atoms with Gasteiger partial charge in [0.25, 0.3) is 0 Å². The number of ether oxygens (including phenoxy) is 1. The van der Waals surface area contributed by atoms with E-state index in [1.807, 2.05) is 23.7 Å². The Kier molecular flexibility index (Phi) is 4.39. The zero-order chi connectivity index (χ0) is 13.7. The Hall–Kier alpha value is -2.04. The predicted molar refractivity (Wildman–Crippen MR) is 75.6 cm³/mol. The van der Waals surface area contributed by atoms with Gasteiger partial charge in [-0.3, -0.25) is 4.68 Å². The average molecular weight is 260 g/mol. The van der Waals surface area contributed by atoms with Gasteiger partial charge in [-0.2, -0.15) is 5.10 Å². The molecule has 2 aromatic rings. The maximum atomic E-state index is 5.08. The summed E-state index contributed by atoms with van der Waals surface area (Å²) in [5, 5.41) is 7.80. The monoisotopic (exact) mass is 260 g/mol. The Balaban J connectivity index is 1.79. The number of rotatable bonds is 6. The van der Waals surface area contributed by atoms with Gasteiger partial charge in [-0.25, -0.2) is 4.98 Å². The molecule has 0 amide bonds.